The van der Waals surface area contributed by atoms with Gasteiger partial charge in [-0.05, 0) is 111 Å². The third-order valence-electron chi connectivity index (χ3n) is 18.7. The van der Waals surface area contributed by atoms with Gasteiger partial charge in [-0.3, -0.25) is 4.79 Å². The second-order valence-electron chi connectivity index (χ2n) is 22.4. The van der Waals surface area contributed by atoms with Gasteiger partial charge in [0.25, 0.3) is 0 Å². The normalized spacial score (nSPS) is 55.0. The van der Waals surface area contributed by atoms with Gasteiger partial charge in [0.05, 0.1) is 37.4 Å². The number of hydrogen-bond acceptors (Lipinski definition) is 15. The molecular weight excluding hydrogens is 808 g/mol. The molecule has 0 unspecified atom stereocenters. The predicted molar refractivity (Wildman–Crippen MR) is 219 cm³/mol. The van der Waals surface area contributed by atoms with Crippen LogP contribution in [0.2, 0.25) is 0 Å². The summed E-state index contributed by atoms with van der Waals surface area (Å²) in [6.45, 7) is 14.2. The van der Waals surface area contributed by atoms with E-state index in [0.29, 0.717) is 19.3 Å². The van der Waals surface area contributed by atoms with Crippen LogP contribution in [0, 0.1) is 50.2 Å². The highest BCUT2D eigenvalue weighted by Crippen LogP contribution is 2.76. The van der Waals surface area contributed by atoms with Crippen molar-refractivity contribution in [2.75, 3.05) is 19.8 Å². The standard InChI is InChI=1S/C46H74O16/c1-22-30(50)32(52)34(54)37(58-22)62-36-35(61-38-33(53)31(51)26(19-47)59-38)25(49)20-57-39(36)60-29-11-12-42(4)27(43(29,5)21-48)10-13-45(7)28(42)9-8-23-24-18-41(2,3)14-16-46(24,40(55)56)17-15-44(23,45)6/h8,22,24-39,47-54H,9-21H2,1-7H3,(H,55,56)/t22-,24-,25+,26+,27+,28+,29-,30-,31-,32+,33+,34+,35-,36+,37-,38-,39-,42-,43-,44+,45+,46-/m0/s1. The summed E-state index contributed by atoms with van der Waals surface area (Å²) < 4.78 is 36.9. The van der Waals surface area contributed by atoms with Crippen LogP contribution < -0.4 is 0 Å². The number of aliphatic hydroxyl groups is 8. The maximum atomic E-state index is 13.1. The van der Waals surface area contributed by atoms with E-state index in [4.69, 9.17) is 28.4 Å². The largest absolute Gasteiger partial charge is 0.481 e. The molecule has 7 fully saturated rings. The van der Waals surface area contributed by atoms with Crippen LogP contribution in [-0.4, -0.2) is 158 Å². The van der Waals surface area contributed by atoms with Crippen LogP contribution in [0.3, 0.4) is 0 Å². The predicted octanol–water partition coefficient (Wildman–Crippen LogP) is 1.98. The number of fused-ring (bicyclic) bond motifs is 7. The van der Waals surface area contributed by atoms with Crippen molar-refractivity contribution >= 4 is 5.97 Å². The maximum Gasteiger partial charge on any atom is 0.310 e. The molecule has 8 rings (SSSR count). The van der Waals surface area contributed by atoms with Crippen LogP contribution in [0.15, 0.2) is 11.6 Å². The van der Waals surface area contributed by atoms with Crippen molar-refractivity contribution < 1.29 is 79.2 Å². The van der Waals surface area contributed by atoms with Gasteiger partial charge in [0.1, 0.15) is 54.9 Å². The fourth-order valence-electron chi connectivity index (χ4n) is 14.6. The number of ether oxygens (including phenoxy) is 6. The fraction of sp³-hybridized carbons (Fsp3) is 0.935. The Labute approximate surface area is 364 Å². The number of aliphatic hydroxyl groups excluding tert-OH is 8. The summed E-state index contributed by atoms with van der Waals surface area (Å²) in [6, 6.07) is 0. The van der Waals surface area contributed by atoms with Crippen molar-refractivity contribution in [3.63, 3.8) is 0 Å². The SMILES string of the molecule is C[C@@H]1O[C@@H](O[C@H]2[C@H](O[C@H]3CC[C@@]4(C)[C@@H](CC[C@]5(C)[C@@H]4CC=C4[C@@H]6CC(C)(C)CC[C@]6(C(=O)O)CC[C@]45C)[C@]3(C)CO)OC[C@@H](O)[C@@H]2O[C@@H]2O[C@H](CO)[C@H](O)[C@H]2O)[C@H](O)[C@H](O)[C@H]1O. The lowest BCUT2D eigenvalue weighted by Gasteiger charge is -2.71. The molecule has 0 radical (unpaired) electrons. The van der Waals surface area contributed by atoms with Gasteiger partial charge in [-0.15, -0.1) is 0 Å². The van der Waals surface area contributed by atoms with Gasteiger partial charge in [0, 0.05) is 5.41 Å². The summed E-state index contributed by atoms with van der Waals surface area (Å²) in [5, 5.41) is 96.7. The lowest BCUT2D eigenvalue weighted by Crippen LogP contribution is -2.67. The number of carboxylic acids is 1. The van der Waals surface area contributed by atoms with E-state index in [2.05, 4.69) is 40.7 Å². The van der Waals surface area contributed by atoms with Crippen LogP contribution in [0.25, 0.3) is 0 Å². The molecule has 0 amide bonds. The van der Waals surface area contributed by atoms with Crippen molar-refractivity contribution in [2.24, 2.45) is 50.2 Å². The lowest BCUT2D eigenvalue weighted by molar-refractivity contribution is -0.378. The average molecular weight is 883 g/mol. The molecule has 5 aliphatic carbocycles. The minimum Gasteiger partial charge on any atom is -0.481 e. The Kier molecular flexibility index (Phi) is 12.5. The molecule has 0 spiro atoms. The molecule has 22 atom stereocenters. The molecule has 9 N–H and O–H groups in total. The van der Waals surface area contributed by atoms with E-state index < -0.39 is 109 Å². The Hall–Kier alpha value is -1.35. The minimum atomic E-state index is -1.73. The molecule has 0 aromatic rings. The van der Waals surface area contributed by atoms with Gasteiger partial charge in [-0.2, -0.15) is 0 Å². The van der Waals surface area contributed by atoms with Crippen LogP contribution in [0.4, 0.5) is 0 Å². The van der Waals surface area contributed by atoms with E-state index in [1.54, 1.807) is 0 Å². The lowest BCUT2D eigenvalue weighted by atomic mass is 9.33. The Morgan fingerprint density at radius 1 is 0.742 bits per heavy atom. The average Bonchev–Trinajstić information content (AvgIpc) is 3.49. The van der Waals surface area contributed by atoms with Crippen molar-refractivity contribution in [3.05, 3.63) is 11.6 Å². The van der Waals surface area contributed by atoms with Crippen LogP contribution in [0.1, 0.15) is 113 Å². The summed E-state index contributed by atoms with van der Waals surface area (Å²) in [7, 11) is 0. The monoisotopic (exact) mass is 882 g/mol. The third kappa shape index (κ3) is 7.10. The Balaban J connectivity index is 1.08. The van der Waals surface area contributed by atoms with E-state index >= 15 is 0 Å². The van der Waals surface area contributed by atoms with Gasteiger partial charge in [-0.1, -0.05) is 53.2 Å². The molecule has 0 aromatic heterocycles. The zero-order valence-electron chi connectivity index (χ0n) is 37.5. The molecule has 16 nitrogen and oxygen atoms in total. The molecule has 0 bridgehead atoms. The number of hydrogen-bond donors (Lipinski definition) is 9. The highest BCUT2D eigenvalue weighted by Gasteiger charge is 2.70. The quantitative estimate of drug-likeness (QED) is 0.119. The molecule has 3 saturated heterocycles. The summed E-state index contributed by atoms with van der Waals surface area (Å²) in [5.41, 5.74) is -0.636. The highest BCUT2D eigenvalue weighted by atomic mass is 16.8. The summed E-state index contributed by atoms with van der Waals surface area (Å²) >= 11 is 0. The highest BCUT2D eigenvalue weighted by molar-refractivity contribution is 5.76. The summed E-state index contributed by atoms with van der Waals surface area (Å²) in [6.07, 6.45) is -8.93. The maximum absolute atomic E-state index is 13.1. The topological polar surface area (TPSA) is 255 Å². The molecule has 354 valence electrons. The number of allylic oxidation sites excluding steroid dienone is 2. The van der Waals surface area contributed by atoms with Crippen molar-refractivity contribution in [3.8, 4) is 0 Å². The van der Waals surface area contributed by atoms with E-state index in [1.807, 2.05) is 6.92 Å². The molecule has 62 heavy (non-hydrogen) atoms. The zero-order valence-corrected chi connectivity index (χ0v) is 37.5. The fourth-order valence-corrected chi connectivity index (χ4v) is 14.6. The van der Waals surface area contributed by atoms with E-state index in [9.17, 15) is 50.8 Å². The Bertz CT molecular complexity index is 1690. The molecule has 8 aliphatic rings. The minimum absolute atomic E-state index is 0.00374. The van der Waals surface area contributed by atoms with E-state index in [0.717, 1.165) is 44.9 Å². The Morgan fingerprint density at radius 2 is 1.40 bits per heavy atom. The van der Waals surface area contributed by atoms with E-state index in [-0.39, 0.29) is 52.6 Å². The smallest absolute Gasteiger partial charge is 0.310 e. The van der Waals surface area contributed by atoms with Crippen molar-refractivity contribution in [1.29, 1.82) is 0 Å². The summed E-state index contributed by atoms with van der Waals surface area (Å²) in [4.78, 5) is 13.1. The molecule has 16 heteroatoms. The van der Waals surface area contributed by atoms with Gasteiger partial charge in [0.15, 0.2) is 18.9 Å². The number of aliphatic carboxylic acids is 1. The second-order valence-corrected chi connectivity index (χ2v) is 22.4. The van der Waals surface area contributed by atoms with Crippen LogP contribution in [-0.2, 0) is 33.2 Å². The molecule has 4 saturated carbocycles. The van der Waals surface area contributed by atoms with Crippen LogP contribution >= 0.6 is 0 Å². The van der Waals surface area contributed by atoms with Gasteiger partial charge >= 0.3 is 5.97 Å². The van der Waals surface area contributed by atoms with Crippen molar-refractivity contribution in [1.82, 2.24) is 0 Å². The van der Waals surface area contributed by atoms with E-state index in [1.165, 1.54) is 12.5 Å². The number of carboxylic acid groups (broad SMARTS) is 1. The number of rotatable bonds is 9. The molecule has 0 aromatic carbocycles. The summed E-state index contributed by atoms with van der Waals surface area (Å²) in [5.74, 6) is -0.403. The first kappa shape index (κ1) is 47.2. The Morgan fingerprint density at radius 3 is 2.06 bits per heavy atom. The third-order valence-corrected chi connectivity index (χ3v) is 18.7. The van der Waals surface area contributed by atoms with Gasteiger partial charge < -0.3 is 74.4 Å². The first-order chi connectivity index (χ1) is 29.0. The van der Waals surface area contributed by atoms with Gasteiger partial charge in [0.2, 0.25) is 0 Å². The molecule has 3 heterocycles. The van der Waals surface area contributed by atoms with Crippen molar-refractivity contribution in [2.45, 2.75) is 199 Å². The molecule has 3 aliphatic heterocycles. The number of carbonyl (C=O) groups is 1. The second kappa shape index (κ2) is 16.5. The first-order valence-corrected chi connectivity index (χ1v) is 23.1. The van der Waals surface area contributed by atoms with Crippen LogP contribution in [0.5, 0.6) is 0 Å². The molecular formula is C46H74O16. The zero-order chi connectivity index (χ0) is 45.1. The first-order valence-electron chi connectivity index (χ1n) is 23.1. The van der Waals surface area contributed by atoms with Gasteiger partial charge in [-0.25, -0.2) is 0 Å².